The predicted molar refractivity (Wildman–Crippen MR) is 111 cm³/mol. The van der Waals surface area contributed by atoms with Gasteiger partial charge in [0.1, 0.15) is 0 Å². The van der Waals surface area contributed by atoms with Gasteiger partial charge in [-0.1, -0.05) is 23.4 Å². The molecule has 0 aliphatic rings. The minimum atomic E-state index is -3.85. The number of aryl methyl sites for hydroxylation is 1. The summed E-state index contributed by atoms with van der Waals surface area (Å²) in [7, 11) is -3.85. The number of carbonyl (C=O) groups excluding carboxylic acids is 1. The van der Waals surface area contributed by atoms with Gasteiger partial charge in [0.2, 0.25) is 15.9 Å². The van der Waals surface area contributed by atoms with Crippen LogP contribution in [-0.2, 0) is 14.8 Å². The number of nitrogens with one attached hydrogen (secondary N) is 1. The molecule has 2 aromatic carbocycles. The Morgan fingerprint density at radius 2 is 2.04 bits per heavy atom. The molecule has 3 aromatic rings. The van der Waals surface area contributed by atoms with Crippen LogP contribution in [0.3, 0.4) is 0 Å². The van der Waals surface area contributed by atoms with Crippen LogP contribution in [0.1, 0.15) is 11.1 Å². The number of halogens is 1. The molecule has 3 rings (SSSR count). The fourth-order valence-corrected chi connectivity index (χ4v) is 5.01. The fourth-order valence-electron chi connectivity index (χ4n) is 2.38. The Balaban J connectivity index is 1.72. The second kappa shape index (κ2) is 7.76. The van der Waals surface area contributed by atoms with E-state index in [1.54, 1.807) is 19.1 Å². The van der Waals surface area contributed by atoms with E-state index < -0.39 is 10.0 Å². The second-order valence-corrected chi connectivity index (χ2v) is 10.1. The van der Waals surface area contributed by atoms with Crippen LogP contribution in [0.2, 0.25) is 5.02 Å². The summed E-state index contributed by atoms with van der Waals surface area (Å²) in [5.41, 5.74) is 2.74. The first kappa shape index (κ1) is 20.1. The van der Waals surface area contributed by atoms with Gasteiger partial charge in [-0.3, -0.25) is 4.79 Å². The molecule has 1 heterocycles. The smallest absolute Gasteiger partial charge is 0.238 e. The minimum absolute atomic E-state index is 0.0309. The largest absolute Gasteiger partial charge is 0.325 e. The third-order valence-corrected chi connectivity index (χ3v) is 7.21. The molecule has 0 atom stereocenters. The number of nitrogens with zero attached hydrogens (tertiary/aromatic N) is 1. The molecule has 0 radical (unpaired) electrons. The maximum absolute atomic E-state index is 12.3. The van der Waals surface area contributed by atoms with Gasteiger partial charge in [0.05, 0.1) is 20.9 Å². The van der Waals surface area contributed by atoms with Gasteiger partial charge in [-0.25, -0.2) is 18.5 Å². The summed E-state index contributed by atoms with van der Waals surface area (Å²) in [6.07, 6.45) is 0. The van der Waals surface area contributed by atoms with Crippen molar-refractivity contribution in [2.75, 3.05) is 11.1 Å². The zero-order chi connectivity index (χ0) is 19.8. The maximum Gasteiger partial charge on any atom is 0.238 e. The first-order valence-corrected chi connectivity index (χ1v) is 11.5. The Kier molecular flexibility index (Phi) is 5.78. The summed E-state index contributed by atoms with van der Waals surface area (Å²) < 4.78 is 25.0. The van der Waals surface area contributed by atoms with Crippen molar-refractivity contribution in [2.45, 2.75) is 23.1 Å². The van der Waals surface area contributed by atoms with Crippen LogP contribution in [0.25, 0.3) is 10.2 Å². The minimum Gasteiger partial charge on any atom is -0.325 e. The molecule has 0 spiro atoms. The van der Waals surface area contributed by atoms with Gasteiger partial charge in [-0.15, -0.1) is 11.3 Å². The highest BCUT2D eigenvalue weighted by atomic mass is 35.5. The average molecular weight is 442 g/mol. The predicted octanol–water partition coefficient (Wildman–Crippen LogP) is 3.94. The summed E-state index contributed by atoms with van der Waals surface area (Å²) >= 11 is 8.75. The number of amides is 1. The molecule has 3 N–H and O–H groups in total. The lowest BCUT2D eigenvalue weighted by Gasteiger charge is -2.12. The molecular formula is C17H16ClN3O3S3. The van der Waals surface area contributed by atoms with Crippen molar-refractivity contribution in [3.05, 3.63) is 46.5 Å². The molecule has 0 bridgehead atoms. The lowest BCUT2D eigenvalue weighted by atomic mass is 10.1. The van der Waals surface area contributed by atoms with Crippen molar-refractivity contribution >= 4 is 66.5 Å². The molecule has 142 valence electrons. The van der Waals surface area contributed by atoms with Gasteiger partial charge in [0.15, 0.2) is 4.34 Å². The van der Waals surface area contributed by atoms with Gasteiger partial charge in [-0.2, -0.15) is 0 Å². The van der Waals surface area contributed by atoms with E-state index in [2.05, 4.69) is 10.3 Å². The van der Waals surface area contributed by atoms with E-state index in [-0.39, 0.29) is 16.6 Å². The van der Waals surface area contributed by atoms with Crippen LogP contribution in [0.5, 0.6) is 0 Å². The van der Waals surface area contributed by atoms with Gasteiger partial charge in [-0.05, 0) is 55.3 Å². The summed E-state index contributed by atoms with van der Waals surface area (Å²) in [6, 6.07) is 8.33. The molecule has 0 unspecified atom stereocenters. The Morgan fingerprint density at radius 3 is 2.74 bits per heavy atom. The van der Waals surface area contributed by atoms with Gasteiger partial charge in [0.25, 0.3) is 0 Å². The fraction of sp³-hybridized carbons (Fsp3) is 0.176. The van der Waals surface area contributed by atoms with Crippen LogP contribution in [0.15, 0.2) is 39.6 Å². The standard InChI is InChI=1S/C17H16ClN3O3S3/c1-9-5-12(27(19,23)24)7-13(10(9)2)20-16(22)8-25-17-21-14-6-11(18)3-4-15(14)26-17/h3-7H,8H2,1-2H3,(H,20,22)(H2,19,23,24). The first-order chi connectivity index (χ1) is 12.6. The van der Waals surface area contributed by atoms with E-state index in [1.165, 1.54) is 35.2 Å². The Labute approximate surface area is 170 Å². The van der Waals surface area contributed by atoms with Gasteiger partial charge in [0, 0.05) is 10.7 Å². The number of anilines is 1. The molecule has 0 saturated heterocycles. The summed E-state index contributed by atoms with van der Waals surface area (Å²) in [5, 5.41) is 8.56. The van der Waals surface area contributed by atoms with Crippen molar-refractivity contribution < 1.29 is 13.2 Å². The summed E-state index contributed by atoms with van der Waals surface area (Å²) in [4.78, 5) is 16.7. The maximum atomic E-state index is 12.3. The quantitative estimate of drug-likeness (QED) is 0.583. The monoisotopic (exact) mass is 441 g/mol. The Hall–Kier alpha value is -1.65. The van der Waals surface area contributed by atoms with E-state index in [4.69, 9.17) is 16.7 Å². The molecule has 0 fully saturated rings. The van der Waals surface area contributed by atoms with E-state index in [9.17, 15) is 13.2 Å². The van der Waals surface area contributed by atoms with E-state index in [0.717, 1.165) is 25.7 Å². The van der Waals surface area contributed by atoms with Crippen LogP contribution >= 0.6 is 34.7 Å². The number of aromatic nitrogens is 1. The average Bonchev–Trinajstić information content (AvgIpc) is 2.98. The lowest BCUT2D eigenvalue weighted by molar-refractivity contribution is -0.113. The van der Waals surface area contributed by atoms with Crippen LogP contribution in [0.4, 0.5) is 5.69 Å². The van der Waals surface area contributed by atoms with E-state index in [0.29, 0.717) is 10.7 Å². The highest BCUT2D eigenvalue weighted by molar-refractivity contribution is 8.01. The number of rotatable bonds is 5. The van der Waals surface area contributed by atoms with Gasteiger partial charge >= 0.3 is 0 Å². The number of hydrogen-bond acceptors (Lipinski definition) is 6. The first-order valence-electron chi connectivity index (χ1n) is 7.76. The summed E-state index contributed by atoms with van der Waals surface area (Å²) in [5.74, 6) is -0.114. The van der Waals surface area contributed by atoms with E-state index >= 15 is 0 Å². The lowest BCUT2D eigenvalue weighted by Crippen LogP contribution is -2.17. The van der Waals surface area contributed by atoms with Crippen LogP contribution in [0, 0.1) is 13.8 Å². The molecule has 27 heavy (non-hydrogen) atoms. The van der Waals surface area contributed by atoms with Crippen molar-refractivity contribution in [3.63, 3.8) is 0 Å². The number of thiazole rings is 1. The number of thioether (sulfide) groups is 1. The molecule has 10 heteroatoms. The molecule has 0 saturated carbocycles. The van der Waals surface area contributed by atoms with Crippen LogP contribution < -0.4 is 10.5 Å². The number of benzene rings is 2. The number of nitrogens with two attached hydrogens (primary N) is 1. The van der Waals surface area contributed by atoms with Crippen LogP contribution in [-0.4, -0.2) is 25.1 Å². The SMILES string of the molecule is Cc1cc(S(N)(=O)=O)cc(NC(=O)CSc2nc3cc(Cl)ccc3s2)c1C. The second-order valence-electron chi connectivity index (χ2n) is 5.89. The summed E-state index contributed by atoms with van der Waals surface area (Å²) in [6.45, 7) is 3.57. The molecule has 1 aromatic heterocycles. The Morgan fingerprint density at radius 1 is 1.30 bits per heavy atom. The molecular weight excluding hydrogens is 426 g/mol. The molecule has 0 aliphatic heterocycles. The Bertz CT molecular complexity index is 1140. The third kappa shape index (κ3) is 4.80. The number of hydrogen-bond donors (Lipinski definition) is 2. The number of primary sulfonamides is 1. The van der Waals surface area contributed by atoms with Crippen molar-refractivity contribution in [1.29, 1.82) is 0 Å². The normalized spacial score (nSPS) is 11.7. The zero-order valence-corrected chi connectivity index (χ0v) is 17.7. The number of sulfonamides is 1. The van der Waals surface area contributed by atoms with Gasteiger partial charge < -0.3 is 5.32 Å². The topological polar surface area (TPSA) is 102 Å². The molecule has 0 aliphatic carbocycles. The zero-order valence-electron chi connectivity index (χ0n) is 14.4. The van der Waals surface area contributed by atoms with Crippen molar-refractivity contribution in [2.24, 2.45) is 5.14 Å². The van der Waals surface area contributed by atoms with E-state index in [1.807, 2.05) is 13.0 Å². The highest BCUT2D eigenvalue weighted by Gasteiger charge is 2.15. The van der Waals surface area contributed by atoms with Crippen molar-refractivity contribution in [3.8, 4) is 0 Å². The molecule has 1 amide bonds. The number of carbonyl (C=O) groups is 1. The molecule has 6 nitrogen and oxygen atoms in total. The highest BCUT2D eigenvalue weighted by Crippen LogP contribution is 2.31. The van der Waals surface area contributed by atoms with Crippen molar-refractivity contribution in [1.82, 2.24) is 4.98 Å². The number of fused-ring (bicyclic) bond motifs is 1. The third-order valence-electron chi connectivity index (χ3n) is 3.90.